The van der Waals surface area contributed by atoms with Gasteiger partial charge in [-0.2, -0.15) is 0 Å². The van der Waals surface area contributed by atoms with E-state index in [1.165, 1.54) is 6.07 Å². The van der Waals surface area contributed by atoms with Crippen LogP contribution in [0.3, 0.4) is 0 Å². The summed E-state index contributed by atoms with van der Waals surface area (Å²) in [6.45, 7) is 2.19. The Bertz CT molecular complexity index is 442. The van der Waals surface area contributed by atoms with Crippen LogP contribution in [0.4, 0.5) is 4.39 Å². The summed E-state index contributed by atoms with van der Waals surface area (Å²) in [4.78, 5) is 12.8. The molecule has 2 N–H and O–H groups in total. The number of halogens is 1. The third-order valence-electron chi connectivity index (χ3n) is 2.86. The van der Waals surface area contributed by atoms with Crippen LogP contribution in [-0.2, 0) is 9.53 Å². The van der Waals surface area contributed by atoms with Crippen molar-refractivity contribution in [3.05, 3.63) is 30.1 Å². The number of benzene rings is 1. The Morgan fingerprint density at radius 1 is 1.53 bits per heavy atom. The van der Waals surface area contributed by atoms with Crippen molar-refractivity contribution in [3.8, 4) is 5.75 Å². The van der Waals surface area contributed by atoms with E-state index in [1.54, 1.807) is 18.2 Å². The lowest BCUT2D eigenvalue weighted by Gasteiger charge is -2.31. The van der Waals surface area contributed by atoms with Gasteiger partial charge in [0.2, 0.25) is 5.91 Å². The molecule has 0 aliphatic carbocycles. The number of nitrogens with two attached hydrogens (primary N) is 1. The Balaban J connectivity index is 1.82. The van der Waals surface area contributed by atoms with Gasteiger partial charge in [-0.15, -0.1) is 0 Å². The third-order valence-corrected chi connectivity index (χ3v) is 2.86. The van der Waals surface area contributed by atoms with Crippen molar-refractivity contribution in [1.82, 2.24) is 4.90 Å². The number of para-hydroxylation sites is 1. The summed E-state index contributed by atoms with van der Waals surface area (Å²) < 4.78 is 24.3. The van der Waals surface area contributed by atoms with Gasteiger partial charge in [-0.1, -0.05) is 12.1 Å². The maximum atomic E-state index is 13.4. The Labute approximate surface area is 111 Å². The molecule has 2 rings (SSSR count). The van der Waals surface area contributed by atoms with E-state index in [0.29, 0.717) is 19.7 Å². The van der Waals surface area contributed by atoms with Crippen molar-refractivity contribution in [1.29, 1.82) is 0 Å². The highest BCUT2D eigenvalue weighted by Crippen LogP contribution is 2.16. The van der Waals surface area contributed by atoms with Crippen molar-refractivity contribution in [3.63, 3.8) is 0 Å². The predicted molar refractivity (Wildman–Crippen MR) is 67.3 cm³/mol. The van der Waals surface area contributed by atoms with Crippen LogP contribution in [-0.4, -0.2) is 49.8 Å². The normalized spacial score (nSPS) is 20.2. The van der Waals surface area contributed by atoms with Gasteiger partial charge in [0, 0.05) is 13.1 Å². The van der Waals surface area contributed by atoms with Crippen molar-refractivity contribution < 1.29 is 18.7 Å². The number of rotatable bonds is 5. The average Bonchev–Trinajstić information content (AvgIpc) is 2.37. The molecule has 0 saturated carbocycles. The number of carbonyl (C=O) groups excluding carboxylic acids is 1. The Hall–Kier alpha value is -1.66. The van der Waals surface area contributed by atoms with E-state index in [0.717, 1.165) is 0 Å². The molecule has 6 heteroatoms. The molecular weight excluding hydrogens is 251 g/mol. The second-order valence-corrected chi connectivity index (χ2v) is 4.44. The molecule has 1 saturated heterocycles. The maximum absolute atomic E-state index is 13.4. The minimum Gasteiger partial charge on any atom is -0.488 e. The minimum atomic E-state index is -0.396. The number of morpholine rings is 1. The van der Waals surface area contributed by atoms with E-state index in [1.807, 2.05) is 4.90 Å². The summed E-state index contributed by atoms with van der Waals surface area (Å²) in [5.41, 5.74) is 5.15. The SMILES string of the molecule is NC(=O)CN1CCO[C@H](COc2ccccc2F)C1. The number of carbonyl (C=O) groups is 1. The molecule has 0 bridgehead atoms. The van der Waals surface area contributed by atoms with Gasteiger partial charge < -0.3 is 15.2 Å². The van der Waals surface area contributed by atoms with E-state index in [-0.39, 0.29) is 30.9 Å². The minimum absolute atomic E-state index is 0.187. The zero-order valence-electron chi connectivity index (χ0n) is 10.5. The summed E-state index contributed by atoms with van der Waals surface area (Å²) in [6.07, 6.45) is -0.187. The number of ether oxygens (including phenoxy) is 2. The van der Waals surface area contributed by atoms with Gasteiger partial charge in [-0.05, 0) is 12.1 Å². The standard InChI is InChI=1S/C13H17FN2O3/c14-11-3-1-2-4-12(11)19-9-10-7-16(5-6-18-10)8-13(15)17/h1-4,10H,5-9H2,(H2,15,17)/t10-/m0/s1. The topological polar surface area (TPSA) is 64.8 Å². The first-order chi connectivity index (χ1) is 9.15. The molecule has 1 aliphatic rings. The molecule has 5 nitrogen and oxygen atoms in total. The fourth-order valence-corrected chi connectivity index (χ4v) is 1.99. The molecule has 1 amide bonds. The van der Waals surface area contributed by atoms with E-state index >= 15 is 0 Å². The van der Waals surface area contributed by atoms with Gasteiger partial charge in [-0.3, -0.25) is 9.69 Å². The molecule has 0 aromatic heterocycles. The first kappa shape index (κ1) is 13.8. The van der Waals surface area contributed by atoms with Gasteiger partial charge in [0.05, 0.1) is 13.2 Å². The lowest BCUT2D eigenvalue weighted by Crippen LogP contribution is -2.47. The summed E-state index contributed by atoms with van der Waals surface area (Å²) in [6, 6.07) is 6.23. The molecule has 1 aliphatic heterocycles. The Morgan fingerprint density at radius 2 is 2.32 bits per heavy atom. The van der Waals surface area contributed by atoms with Crippen molar-refractivity contribution in [2.45, 2.75) is 6.10 Å². The maximum Gasteiger partial charge on any atom is 0.231 e. The van der Waals surface area contributed by atoms with Crippen molar-refractivity contribution >= 4 is 5.91 Å². The van der Waals surface area contributed by atoms with Crippen LogP contribution in [0, 0.1) is 5.82 Å². The van der Waals surface area contributed by atoms with Crippen LogP contribution in [0.2, 0.25) is 0 Å². The van der Waals surface area contributed by atoms with Crippen LogP contribution < -0.4 is 10.5 Å². The molecule has 19 heavy (non-hydrogen) atoms. The molecule has 0 radical (unpaired) electrons. The van der Waals surface area contributed by atoms with Crippen molar-refractivity contribution in [2.24, 2.45) is 5.73 Å². The fraction of sp³-hybridized carbons (Fsp3) is 0.462. The smallest absolute Gasteiger partial charge is 0.231 e. The zero-order chi connectivity index (χ0) is 13.7. The van der Waals surface area contributed by atoms with E-state index in [9.17, 15) is 9.18 Å². The second kappa shape index (κ2) is 6.49. The van der Waals surface area contributed by atoms with E-state index in [4.69, 9.17) is 15.2 Å². The average molecular weight is 268 g/mol. The molecule has 1 fully saturated rings. The van der Waals surface area contributed by atoms with Crippen LogP contribution in [0.5, 0.6) is 5.75 Å². The molecule has 104 valence electrons. The van der Waals surface area contributed by atoms with E-state index in [2.05, 4.69) is 0 Å². The lowest BCUT2D eigenvalue weighted by atomic mass is 10.2. The van der Waals surface area contributed by atoms with Gasteiger partial charge in [-0.25, -0.2) is 4.39 Å². The number of hydrogen-bond donors (Lipinski definition) is 1. The molecule has 1 aromatic carbocycles. The summed E-state index contributed by atoms with van der Waals surface area (Å²) in [5, 5.41) is 0. The number of hydrogen-bond acceptors (Lipinski definition) is 4. The second-order valence-electron chi connectivity index (χ2n) is 4.44. The summed E-state index contributed by atoms with van der Waals surface area (Å²) >= 11 is 0. The highest BCUT2D eigenvalue weighted by molar-refractivity contribution is 5.75. The summed E-state index contributed by atoms with van der Waals surface area (Å²) in [5.74, 6) is -0.555. The Kier molecular flexibility index (Phi) is 4.70. The van der Waals surface area contributed by atoms with Gasteiger partial charge in [0.25, 0.3) is 0 Å². The van der Waals surface area contributed by atoms with Crippen molar-refractivity contribution in [2.75, 3.05) is 32.8 Å². The lowest BCUT2D eigenvalue weighted by molar-refractivity contribution is -0.121. The molecule has 0 unspecified atom stereocenters. The molecule has 1 atom stereocenters. The van der Waals surface area contributed by atoms with Crippen LogP contribution in [0.25, 0.3) is 0 Å². The zero-order valence-corrected chi connectivity index (χ0v) is 10.5. The number of primary amides is 1. The monoisotopic (exact) mass is 268 g/mol. The fourth-order valence-electron chi connectivity index (χ4n) is 1.99. The van der Waals surface area contributed by atoms with Gasteiger partial charge in [0.1, 0.15) is 12.7 Å². The Morgan fingerprint density at radius 3 is 3.05 bits per heavy atom. The highest BCUT2D eigenvalue weighted by Gasteiger charge is 2.22. The van der Waals surface area contributed by atoms with Crippen LogP contribution in [0.15, 0.2) is 24.3 Å². The molecule has 0 spiro atoms. The van der Waals surface area contributed by atoms with Crippen LogP contribution in [0.1, 0.15) is 0 Å². The van der Waals surface area contributed by atoms with Crippen LogP contribution >= 0.6 is 0 Å². The first-order valence-electron chi connectivity index (χ1n) is 6.15. The van der Waals surface area contributed by atoms with Gasteiger partial charge >= 0.3 is 0 Å². The number of amides is 1. The molecule has 1 aromatic rings. The molecule has 1 heterocycles. The largest absolute Gasteiger partial charge is 0.488 e. The van der Waals surface area contributed by atoms with E-state index < -0.39 is 5.82 Å². The first-order valence-corrected chi connectivity index (χ1v) is 6.15. The number of nitrogens with zero attached hydrogens (tertiary/aromatic N) is 1. The highest BCUT2D eigenvalue weighted by atomic mass is 19.1. The third kappa shape index (κ3) is 4.18. The molecular formula is C13H17FN2O3. The predicted octanol–water partition coefficient (Wildman–Crippen LogP) is 0.391. The quantitative estimate of drug-likeness (QED) is 0.839. The summed E-state index contributed by atoms with van der Waals surface area (Å²) in [7, 11) is 0. The van der Waals surface area contributed by atoms with Gasteiger partial charge in [0.15, 0.2) is 11.6 Å².